The molecule has 4 rings (SSSR count). The number of halogens is 1. The van der Waals surface area contributed by atoms with Crippen LogP contribution in [0.25, 0.3) is 0 Å². The number of nitrogens with one attached hydrogen (secondary N) is 2. The molecule has 2 N–H and O–H groups in total. The van der Waals surface area contributed by atoms with Crippen LogP contribution in [-0.2, 0) is 24.6 Å². The minimum absolute atomic E-state index is 0.173. The number of anilines is 2. The van der Waals surface area contributed by atoms with Crippen LogP contribution in [0.2, 0.25) is 0 Å². The zero-order chi connectivity index (χ0) is 24.1. The van der Waals surface area contributed by atoms with Crippen molar-refractivity contribution in [1.29, 1.82) is 0 Å². The first-order valence-electron chi connectivity index (χ1n) is 10.9. The molecule has 1 aliphatic heterocycles. The standard InChI is InChI=1S/C27H25FN2O4/c1-3-34-25(31)22-17-29-23-12-8-7-11-21(23)24(22)27(26(32)33-2,18-9-5-4-6-10-18)30-20-15-13-19(28)14-16-20/h4-17,24,29-30H,3H2,1-2H3/t24-,27-/m0/s1. The third kappa shape index (κ3) is 4.12. The Kier molecular flexibility index (Phi) is 6.63. The van der Waals surface area contributed by atoms with E-state index in [-0.39, 0.29) is 12.2 Å². The maximum atomic E-state index is 13.8. The van der Waals surface area contributed by atoms with E-state index >= 15 is 0 Å². The Morgan fingerprint density at radius 3 is 2.35 bits per heavy atom. The lowest BCUT2D eigenvalue weighted by molar-refractivity contribution is -0.147. The first-order valence-corrected chi connectivity index (χ1v) is 10.9. The van der Waals surface area contributed by atoms with E-state index in [0.717, 1.165) is 5.69 Å². The van der Waals surface area contributed by atoms with E-state index < -0.39 is 29.2 Å². The fourth-order valence-electron chi connectivity index (χ4n) is 4.36. The van der Waals surface area contributed by atoms with Crippen LogP contribution in [-0.4, -0.2) is 25.7 Å². The van der Waals surface area contributed by atoms with Crippen LogP contribution in [0.15, 0.2) is 90.6 Å². The molecule has 0 saturated carbocycles. The third-order valence-electron chi connectivity index (χ3n) is 5.83. The number of rotatable bonds is 7. The summed E-state index contributed by atoms with van der Waals surface area (Å²) in [7, 11) is 1.30. The molecule has 0 radical (unpaired) electrons. The molecule has 7 heteroatoms. The maximum absolute atomic E-state index is 13.8. The second-order valence-electron chi connectivity index (χ2n) is 7.78. The highest BCUT2D eigenvalue weighted by Gasteiger charge is 2.53. The first kappa shape index (κ1) is 23.0. The highest BCUT2D eigenvalue weighted by molar-refractivity contribution is 5.98. The number of carbonyl (C=O) groups is 2. The lowest BCUT2D eigenvalue weighted by atomic mass is 9.69. The van der Waals surface area contributed by atoms with Crippen LogP contribution in [0.4, 0.5) is 15.8 Å². The topological polar surface area (TPSA) is 76.7 Å². The molecule has 0 amide bonds. The van der Waals surface area contributed by atoms with Crippen LogP contribution in [0, 0.1) is 5.82 Å². The van der Waals surface area contributed by atoms with E-state index in [4.69, 9.17) is 9.47 Å². The van der Waals surface area contributed by atoms with Gasteiger partial charge in [-0.1, -0.05) is 48.5 Å². The molecule has 3 aromatic rings. The highest BCUT2D eigenvalue weighted by Crippen LogP contribution is 2.49. The van der Waals surface area contributed by atoms with E-state index in [2.05, 4.69) is 10.6 Å². The molecule has 0 aliphatic carbocycles. The Labute approximate surface area is 197 Å². The van der Waals surface area contributed by atoms with Crippen LogP contribution in [0.5, 0.6) is 0 Å². The molecule has 174 valence electrons. The van der Waals surface area contributed by atoms with Gasteiger partial charge in [0.2, 0.25) is 0 Å². The number of benzene rings is 3. The average molecular weight is 461 g/mol. The van der Waals surface area contributed by atoms with Crippen LogP contribution in [0.1, 0.15) is 24.0 Å². The predicted octanol–water partition coefficient (Wildman–Crippen LogP) is 4.96. The highest BCUT2D eigenvalue weighted by atomic mass is 19.1. The fraction of sp³-hybridized carbons (Fsp3) is 0.185. The van der Waals surface area contributed by atoms with Gasteiger partial charge in [-0.05, 0) is 48.4 Å². The molecule has 2 atom stereocenters. The molecular weight excluding hydrogens is 435 g/mol. The van der Waals surface area contributed by atoms with Crippen molar-refractivity contribution >= 4 is 23.3 Å². The number of ether oxygens (including phenoxy) is 2. The van der Waals surface area contributed by atoms with Crippen molar-refractivity contribution in [2.75, 3.05) is 24.4 Å². The molecule has 0 aromatic heterocycles. The summed E-state index contributed by atoms with van der Waals surface area (Å²) in [4.78, 5) is 26.9. The average Bonchev–Trinajstić information content (AvgIpc) is 2.88. The molecule has 0 saturated heterocycles. The van der Waals surface area contributed by atoms with E-state index in [9.17, 15) is 14.0 Å². The van der Waals surface area contributed by atoms with Gasteiger partial charge in [-0.15, -0.1) is 0 Å². The zero-order valence-corrected chi connectivity index (χ0v) is 18.9. The summed E-state index contributed by atoms with van der Waals surface area (Å²) < 4.78 is 24.4. The molecule has 1 aliphatic rings. The predicted molar refractivity (Wildman–Crippen MR) is 128 cm³/mol. The molecule has 0 spiro atoms. The van der Waals surface area contributed by atoms with Crippen molar-refractivity contribution in [3.8, 4) is 0 Å². The summed E-state index contributed by atoms with van der Waals surface area (Å²) in [6.07, 6.45) is 1.57. The molecule has 0 unspecified atom stereocenters. The number of hydrogen-bond acceptors (Lipinski definition) is 6. The van der Waals surface area contributed by atoms with Gasteiger partial charge in [0.05, 0.1) is 25.2 Å². The van der Waals surface area contributed by atoms with Crippen molar-refractivity contribution in [1.82, 2.24) is 0 Å². The quantitative estimate of drug-likeness (QED) is 0.485. The first-order chi connectivity index (χ1) is 16.5. The lowest BCUT2D eigenvalue weighted by Crippen LogP contribution is -2.51. The van der Waals surface area contributed by atoms with Crippen molar-refractivity contribution in [3.05, 3.63) is 108 Å². The summed E-state index contributed by atoms with van der Waals surface area (Å²) >= 11 is 0. The van der Waals surface area contributed by atoms with Crippen LogP contribution >= 0.6 is 0 Å². The van der Waals surface area contributed by atoms with Crippen molar-refractivity contribution in [2.45, 2.75) is 18.4 Å². The Morgan fingerprint density at radius 1 is 1.00 bits per heavy atom. The monoisotopic (exact) mass is 460 g/mol. The summed E-state index contributed by atoms with van der Waals surface area (Å²) in [6, 6.07) is 22.1. The Bertz CT molecular complexity index is 1210. The minimum atomic E-state index is -1.58. The second kappa shape index (κ2) is 9.79. The molecule has 3 aromatic carbocycles. The van der Waals surface area contributed by atoms with Gasteiger partial charge >= 0.3 is 11.9 Å². The van der Waals surface area contributed by atoms with Gasteiger partial charge in [0.1, 0.15) is 5.82 Å². The largest absolute Gasteiger partial charge is 0.467 e. The van der Waals surface area contributed by atoms with Crippen LogP contribution < -0.4 is 10.6 Å². The van der Waals surface area contributed by atoms with Gasteiger partial charge in [-0.3, -0.25) is 0 Å². The summed E-state index contributed by atoms with van der Waals surface area (Å²) in [5, 5.41) is 6.45. The number of hydrogen-bond donors (Lipinski definition) is 2. The SMILES string of the molecule is CCOC(=O)C1=CNc2ccccc2[C@@H]1[C@](Nc1ccc(F)cc1)(C(=O)OC)c1ccccc1. The van der Waals surface area contributed by atoms with Gasteiger partial charge < -0.3 is 20.1 Å². The third-order valence-corrected chi connectivity index (χ3v) is 5.83. The number of carbonyl (C=O) groups excluding carboxylic acids is 2. The Hall–Kier alpha value is -4.13. The number of methoxy groups -OCH3 is 1. The normalized spacial score (nSPS) is 16.2. The van der Waals surface area contributed by atoms with Gasteiger partial charge in [-0.2, -0.15) is 0 Å². The summed E-state index contributed by atoms with van der Waals surface area (Å²) in [6.45, 7) is 1.89. The minimum Gasteiger partial charge on any atom is -0.467 e. The van der Waals surface area contributed by atoms with Gasteiger partial charge in [0, 0.05) is 17.6 Å². The maximum Gasteiger partial charge on any atom is 0.337 e. The fourth-order valence-corrected chi connectivity index (χ4v) is 4.36. The van der Waals surface area contributed by atoms with E-state index in [1.807, 2.05) is 30.3 Å². The van der Waals surface area contributed by atoms with Crippen molar-refractivity contribution < 1.29 is 23.5 Å². The van der Waals surface area contributed by atoms with Gasteiger partial charge in [-0.25, -0.2) is 14.0 Å². The lowest BCUT2D eigenvalue weighted by Gasteiger charge is -2.42. The Morgan fingerprint density at radius 2 is 1.68 bits per heavy atom. The molecular formula is C27H25FN2O4. The molecule has 0 bridgehead atoms. The molecule has 0 fully saturated rings. The van der Waals surface area contributed by atoms with Crippen molar-refractivity contribution in [2.24, 2.45) is 0 Å². The molecule has 34 heavy (non-hydrogen) atoms. The van der Waals surface area contributed by atoms with E-state index in [1.54, 1.807) is 37.4 Å². The summed E-state index contributed by atoms with van der Waals surface area (Å²) in [5.74, 6) is -2.41. The summed E-state index contributed by atoms with van der Waals surface area (Å²) in [5.41, 5.74) is 1.18. The number of para-hydroxylation sites is 1. The molecule has 6 nitrogen and oxygen atoms in total. The van der Waals surface area contributed by atoms with Crippen LogP contribution in [0.3, 0.4) is 0 Å². The van der Waals surface area contributed by atoms with E-state index in [1.165, 1.54) is 31.4 Å². The number of esters is 2. The molecule has 1 heterocycles. The van der Waals surface area contributed by atoms with E-state index in [0.29, 0.717) is 16.8 Å². The second-order valence-corrected chi connectivity index (χ2v) is 7.78. The smallest absolute Gasteiger partial charge is 0.337 e. The Balaban J connectivity index is 2.02. The van der Waals surface area contributed by atoms with Gasteiger partial charge in [0.15, 0.2) is 5.54 Å². The zero-order valence-electron chi connectivity index (χ0n) is 18.9. The van der Waals surface area contributed by atoms with Gasteiger partial charge in [0.25, 0.3) is 0 Å². The number of fused-ring (bicyclic) bond motifs is 1. The van der Waals surface area contributed by atoms with Crippen molar-refractivity contribution in [3.63, 3.8) is 0 Å².